The number of hydrogen-bond donors (Lipinski definition) is 9. The lowest BCUT2D eigenvalue weighted by atomic mass is 9.97. The molecule has 0 aliphatic carbocycles. The number of allylic oxidation sites excluding steroid dienone is 21. The van der Waals surface area contributed by atoms with Gasteiger partial charge in [-0.05, 0) is 103 Å². The predicted octanol–water partition coefficient (Wildman–Crippen LogP) is 8.43. The Morgan fingerprint density at radius 1 is 0.500 bits per heavy atom. The minimum absolute atomic E-state index is 0.223. The van der Waals surface area contributed by atoms with Gasteiger partial charge in [0.05, 0.1) is 32.0 Å². The molecule has 0 aromatic carbocycles. The molecule has 2 aliphatic heterocycles. The molecule has 0 saturated carbocycles. The van der Waals surface area contributed by atoms with Crippen molar-refractivity contribution in [3.8, 4) is 0 Å². The molecule has 9 N–H and O–H groups in total. The number of carbonyl (C=O) groups is 1. The Labute approximate surface area is 443 Å². The molecule has 418 valence electrons. The van der Waals surface area contributed by atoms with Crippen LogP contribution in [0.1, 0.15) is 142 Å². The lowest BCUT2D eigenvalue weighted by Crippen LogP contribution is -2.65. The Bertz CT molecular complexity index is 1750. The van der Waals surface area contributed by atoms with Crippen LogP contribution in [0.4, 0.5) is 0 Å². The molecule has 0 radical (unpaired) electrons. The third-order valence-corrected chi connectivity index (χ3v) is 12.3. The molecule has 0 aromatic rings. The first-order valence-electron chi connectivity index (χ1n) is 27.4. The summed E-state index contributed by atoms with van der Waals surface area (Å²) < 4.78 is 22.6. The minimum atomic E-state index is -1.80. The molecule has 0 aromatic heterocycles. The van der Waals surface area contributed by atoms with Crippen molar-refractivity contribution < 1.29 is 64.6 Å². The molecule has 12 unspecified atom stereocenters. The topological polar surface area (TPSA) is 228 Å². The lowest BCUT2D eigenvalue weighted by molar-refractivity contribution is -0.359. The van der Waals surface area contributed by atoms with E-state index in [4.69, 9.17) is 18.9 Å². The second-order valence-corrected chi connectivity index (χ2v) is 18.6. The number of amides is 1. The fourth-order valence-electron chi connectivity index (χ4n) is 7.88. The van der Waals surface area contributed by atoms with Crippen molar-refractivity contribution in [1.82, 2.24) is 5.32 Å². The zero-order valence-electron chi connectivity index (χ0n) is 44.5. The van der Waals surface area contributed by atoms with Crippen molar-refractivity contribution in [2.75, 3.05) is 19.8 Å². The van der Waals surface area contributed by atoms with Crippen molar-refractivity contribution in [2.24, 2.45) is 0 Å². The molecular weight excluding hydrogens is 943 g/mol. The molecule has 14 heteroatoms. The summed E-state index contributed by atoms with van der Waals surface area (Å²) in [5, 5.41) is 86.6. The SMILES string of the molecule is CC/C=C\C/C=C\C/C=C\C/C=C\C/C=C\C/C=C\C/C=C\C/C=C\C/C=C\CCCCCC(=O)NC(COC1OC(CO)C(OC2OC(CO)C(O)C(O)C2O)C(O)C1O)C(O)/C=C/CC/C=C/CCCCC. The number of aliphatic hydroxyl groups excluding tert-OH is 8. The van der Waals surface area contributed by atoms with Gasteiger partial charge in [0.25, 0.3) is 0 Å². The van der Waals surface area contributed by atoms with Crippen molar-refractivity contribution in [3.05, 3.63) is 134 Å². The van der Waals surface area contributed by atoms with Crippen molar-refractivity contribution >= 4 is 5.91 Å². The molecule has 74 heavy (non-hydrogen) atoms. The number of carbonyl (C=O) groups excluding carboxylic acids is 1. The van der Waals surface area contributed by atoms with E-state index in [1.807, 2.05) is 6.08 Å². The molecule has 2 aliphatic rings. The number of hydrogen-bond acceptors (Lipinski definition) is 13. The number of unbranched alkanes of at least 4 members (excludes halogenated alkanes) is 7. The van der Waals surface area contributed by atoms with E-state index >= 15 is 0 Å². The third kappa shape index (κ3) is 30.0. The van der Waals surface area contributed by atoms with Crippen LogP contribution in [-0.2, 0) is 23.7 Å². The van der Waals surface area contributed by atoms with Gasteiger partial charge in [0, 0.05) is 6.42 Å². The molecule has 14 nitrogen and oxygen atoms in total. The van der Waals surface area contributed by atoms with Gasteiger partial charge in [-0.2, -0.15) is 0 Å². The van der Waals surface area contributed by atoms with E-state index in [2.05, 4.69) is 141 Å². The highest BCUT2D eigenvalue weighted by molar-refractivity contribution is 5.76. The minimum Gasteiger partial charge on any atom is -0.394 e. The largest absolute Gasteiger partial charge is 0.394 e. The number of rotatable bonds is 40. The van der Waals surface area contributed by atoms with Crippen LogP contribution < -0.4 is 5.32 Å². The van der Waals surface area contributed by atoms with Gasteiger partial charge >= 0.3 is 0 Å². The molecule has 12 atom stereocenters. The van der Waals surface area contributed by atoms with Crippen LogP contribution in [0, 0.1) is 0 Å². The standard InChI is InChI=1S/C60H95NO13/c1-3-5-7-9-11-13-14-15-16-17-18-19-20-21-22-23-24-25-26-27-28-29-30-31-32-33-34-36-38-40-42-44-52(65)61-48(49(64)43-41-39-37-35-12-10-8-6-4-2)47-71-59-57(70)55(68)58(51(46-63)73-59)74-60-56(69)54(67)53(66)50(45-62)72-60/h5,7,11-13,15-16,18-19,21-22,24-25,27-28,30-31,33-35,41,43,48-51,53-60,62-64,66-70H,3-4,6,8-10,14,17,20,23,26,29,32,36-40,42,44-47H2,1-2H3,(H,61,65)/b7-5-,13-11-,16-15-,19-18-,22-21-,25-24-,28-27-,31-30-,34-33-,35-12+,43-41+. The number of ether oxygens (including phenoxy) is 4. The Hall–Kier alpha value is -3.87. The van der Waals surface area contributed by atoms with E-state index in [9.17, 15) is 45.6 Å². The first kappa shape index (κ1) is 66.2. The van der Waals surface area contributed by atoms with Crippen LogP contribution in [0.5, 0.6) is 0 Å². The average molecular weight is 1040 g/mol. The van der Waals surface area contributed by atoms with Gasteiger partial charge in [-0.3, -0.25) is 4.79 Å². The first-order valence-corrected chi connectivity index (χ1v) is 27.4. The van der Waals surface area contributed by atoms with E-state index < -0.39 is 86.8 Å². The summed E-state index contributed by atoms with van der Waals surface area (Å²) in [4.78, 5) is 13.2. The van der Waals surface area contributed by atoms with E-state index in [-0.39, 0.29) is 18.9 Å². The molecule has 2 rings (SSSR count). The van der Waals surface area contributed by atoms with Crippen LogP contribution in [0.15, 0.2) is 134 Å². The highest BCUT2D eigenvalue weighted by Gasteiger charge is 2.51. The average Bonchev–Trinajstić information content (AvgIpc) is 3.40. The molecular formula is C60H95NO13. The Balaban J connectivity index is 1.73. The molecule has 0 spiro atoms. The van der Waals surface area contributed by atoms with Gasteiger partial charge in [-0.25, -0.2) is 0 Å². The van der Waals surface area contributed by atoms with E-state index in [0.717, 1.165) is 103 Å². The second kappa shape index (κ2) is 44.3. The summed E-state index contributed by atoms with van der Waals surface area (Å²) in [5.41, 5.74) is 0. The zero-order valence-corrected chi connectivity index (χ0v) is 44.5. The quantitative estimate of drug-likeness (QED) is 0.0208. The van der Waals surface area contributed by atoms with Gasteiger partial charge in [0.2, 0.25) is 5.91 Å². The zero-order chi connectivity index (χ0) is 53.9. The number of aliphatic hydroxyl groups is 8. The summed E-state index contributed by atoms with van der Waals surface area (Å²) >= 11 is 0. The van der Waals surface area contributed by atoms with Gasteiger partial charge < -0.3 is 65.1 Å². The van der Waals surface area contributed by atoms with Crippen LogP contribution in [0.3, 0.4) is 0 Å². The Kier molecular flexibility index (Phi) is 39.6. The van der Waals surface area contributed by atoms with Crippen LogP contribution in [-0.4, -0.2) is 140 Å². The maximum Gasteiger partial charge on any atom is 0.220 e. The molecule has 0 bridgehead atoms. The maximum absolute atomic E-state index is 13.2. The highest BCUT2D eigenvalue weighted by Crippen LogP contribution is 2.30. The lowest BCUT2D eigenvalue weighted by Gasteiger charge is -2.46. The Morgan fingerprint density at radius 2 is 0.946 bits per heavy atom. The van der Waals surface area contributed by atoms with Crippen molar-refractivity contribution in [2.45, 2.75) is 216 Å². The Morgan fingerprint density at radius 3 is 1.46 bits per heavy atom. The molecule has 2 heterocycles. The van der Waals surface area contributed by atoms with Crippen molar-refractivity contribution in [1.29, 1.82) is 0 Å². The second-order valence-electron chi connectivity index (χ2n) is 18.6. The normalized spacial score (nSPS) is 26.3. The summed E-state index contributed by atoms with van der Waals surface area (Å²) in [6.07, 6.45) is 48.0. The first-order chi connectivity index (χ1) is 36.1. The smallest absolute Gasteiger partial charge is 0.220 e. The fraction of sp³-hybridized carbons (Fsp3) is 0.617. The van der Waals surface area contributed by atoms with E-state index in [1.165, 1.54) is 6.42 Å². The fourth-order valence-corrected chi connectivity index (χ4v) is 7.88. The summed E-state index contributed by atoms with van der Waals surface area (Å²) in [6.45, 7) is 2.53. The summed E-state index contributed by atoms with van der Waals surface area (Å²) in [5.74, 6) is -0.292. The van der Waals surface area contributed by atoms with Gasteiger partial charge in [-0.1, -0.05) is 167 Å². The highest BCUT2D eigenvalue weighted by atomic mass is 16.7. The summed E-state index contributed by atoms with van der Waals surface area (Å²) in [6, 6.07) is -0.957. The van der Waals surface area contributed by atoms with Crippen molar-refractivity contribution in [3.63, 3.8) is 0 Å². The van der Waals surface area contributed by atoms with E-state index in [1.54, 1.807) is 6.08 Å². The van der Waals surface area contributed by atoms with Crippen LogP contribution >= 0.6 is 0 Å². The molecule has 1 amide bonds. The van der Waals surface area contributed by atoms with Crippen LogP contribution in [0.2, 0.25) is 0 Å². The molecule has 2 fully saturated rings. The monoisotopic (exact) mass is 1040 g/mol. The third-order valence-electron chi connectivity index (χ3n) is 12.3. The maximum atomic E-state index is 13.2. The van der Waals surface area contributed by atoms with Gasteiger partial charge in [0.15, 0.2) is 12.6 Å². The number of nitrogens with one attached hydrogen (secondary N) is 1. The van der Waals surface area contributed by atoms with Gasteiger partial charge in [0.1, 0.15) is 48.8 Å². The molecule has 2 saturated heterocycles. The van der Waals surface area contributed by atoms with Gasteiger partial charge in [-0.15, -0.1) is 0 Å². The predicted molar refractivity (Wildman–Crippen MR) is 295 cm³/mol. The van der Waals surface area contributed by atoms with Crippen LogP contribution in [0.25, 0.3) is 0 Å². The summed E-state index contributed by atoms with van der Waals surface area (Å²) in [7, 11) is 0. The van der Waals surface area contributed by atoms with E-state index in [0.29, 0.717) is 12.8 Å².